The molecule has 90 valence electrons. The Balaban J connectivity index is 2.47. The van der Waals surface area contributed by atoms with E-state index in [-0.39, 0.29) is 5.92 Å². The van der Waals surface area contributed by atoms with Crippen LogP contribution < -0.4 is 5.73 Å². The molecule has 0 aromatic carbocycles. The average Bonchev–Trinajstić information content (AvgIpc) is 2.15. The van der Waals surface area contributed by atoms with Gasteiger partial charge in [0.15, 0.2) is 0 Å². The molecule has 15 heavy (non-hydrogen) atoms. The van der Waals surface area contributed by atoms with Gasteiger partial charge in [0.1, 0.15) is 5.75 Å². The highest BCUT2D eigenvalue weighted by Gasteiger charge is 2.28. The summed E-state index contributed by atoms with van der Waals surface area (Å²) in [5, 5.41) is 9.54. The van der Waals surface area contributed by atoms with Crippen LogP contribution in [0, 0.1) is 5.92 Å². The number of nitrogens with two attached hydrogens (primary N) is 1. The molecule has 0 aliphatic heterocycles. The number of aliphatic hydroxyl groups excluding tert-OH is 1. The van der Waals surface area contributed by atoms with Gasteiger partial charge in [0, 0.05) is 6.04 Å². The van der Waals surface area contributed by atoms with Gasteiger partial charge in [-0.1, -0.05) is 19.3 Å². The van der Waals surface area contributed by atoms with Crippen molar-refractivity contribution in [2.24, 2.45) is 11.7 Å². The SMILES string of the molecule is NC(C(O)CS(=O)(=O)O)C1CCCCC1. The number of hydrogen-bond acceptors (Lipinski definition) is 4. The Morgan fingerprint density at radius 3 is 2.27 bits per heavy atom. The Hall–Kier alpha value is -0.170. The third kappa shape index (κ3) is 4.46. The predicted molar refractivity (Wildman–Crippen MR) is 57.0 cm³/mol. The summed E-state index contributed by atoms with van der Waals surface area (Å²) < 4.78 is 29.7. The fourth-order valence-electron chi connectivity index (χ4n) is 2.16. The lowest BCUT2D eigenvalue weighted by Crippen LogP contribution is -2.45. The van der Waals surface area contributed by atoms with E-state index in [1.807, 2.05) is 0 Å². The minimum Gasteiger partial charge on any atom is -0.390 e. The molecule has 0 aromatic rings. The molecule has 0 aromatic heterocycles. The second-order valence-electron chi connectivity index (χ2n) is 4.29. The summed E-state index contributed by atoms with van der Waals surface area (Å²) in [4.78, 5) is 0. The highest BCUT2D eigenvalue weighted by Crippen LogP contribution is 2.27. The van der Waals surface area contributed by atoms with E-state index in [0.29, 0.717) is 0 Å². The summed E-state index contributed by atoms with van der Waals surface area (Å²) in [7, 11) is -4.14. The van der Waals surface area contributed by atoms with E-state index >= 15 is 0 Å². The van der Waals surface area contributed by atoms with Crippen LogP contribution in [-0.2, 0) is 10.1 Å². The van der Waals surface area contributed by atoms with Crippen LogP contribution in [0.1, 0.15) is 32.1 Å². The van der Waals surface area contributed by atoms with Crippen molar-refractivity contribution in [1.82, 2.24) is 0 Å². The van der Waals surface area contributed by atoms with Crippen LogP contribution >= 0.6 is 0 Å². The van der Waals surface area contributed by atoms with Crippen molar-refractivity contribution in [2.45, 2.75) is 44.2 Å². The fourth-order valence-corrected chi connectivity index (χ4v) is 2.81. The van der Waals surface area contributed by atoms with Crippen molar-refractivity contribution in [1.29, 1.82) is 0 Å². The van der Waals surface area contributed by atoms with Crippen LogP contribution in [0.2, 0.25) is 0 Å². The van der Waals surface area contributed by atoms with Crippen molar-refractivity contribution < 1.29 is 18.1 Å². The van der Waals surface area contributed by atoms with Gasteiger partial charge >= 0.3 is 0 Å². The summed E-state index contributed by atoms with van der Waals surface area (Å²) in [5.41, 5.74) is 5.77. The summed E-state index contributed by atoms with van der Waals surface area (Å²) in [5.74, 6) is -0.486. The maximum atomic E-state index is 10.6. The zero-order valence-corrected chi connectivity index (χ0v) is 9.49. The third-order valence-electron chi connectivity index (χ3n) is 3.02. The first-order chi connectivity index (χ1) is 6.90. The minimum atomic E-state index is -4.14. The van der Waals surface area contributed by atoms with Gasteiger partial charge < -0.3 is 10.8 Å². The molecular formula is C9H19NO4S. The van der Waals surface area contributed by atoms with E-state index in [1.54, 1.807) is 0 Å². The molecular weight excluding hydrogens is 218 g/mol. The smallest absolute Gasteiger partial charge is 0.267 e. The van der Waals surface area contributed by atoms with Crippen LogP contribution in [0.5, 0.6) is 0 Å². The molecule has 1 rings (SSSR count). The van der Waals surface area contributed by atoms with E-state index in [4.69, 9.17) is 10.3 Å². The lowest BCUT2D eigenvalue weighted by Gasteiger charge is -2.30. The van der Waals surface area contributed by atoms with Gasteiger partial charge in [0.2, 0.25) is 0 Å². The molecule has 5 nitrogen and oxygen atoms in total. The maximum Gasteiger partial charge on any atom is 0.267 e. The molecule has 0 radical (unpaired) electrons. The second kappa shape index (κ2) is 5.25. The molecule has 0 bridgehead atoms. The van der Waals surface area contributed by atoms with E-state index < -0.39 is 28.0 Å². The second-order valence-corrected chi connectivity index (χ2v) is 5.79. The Bertz CT molecular complexity index is 284. The lowest BCUT2D eigenvalue weighted by atomic mass is 9.82. The third-order valence-corrected chi connectivity index (χ3v) is 3.78. The summed E-state index contributed by atoms with van der Waals surface area (Å²) >= 11 is 0. The van der Waals surface area contributed by atoms with E-state index in [2.05, 4.69) is 0 Å². The first-order valence-corrected chi connectivity index (χ1v) is 6.90. The molecule has 0 heterocycles. The summed E-state index contributed by atoms with van der Waals surface area (Å²) in [6.07, 6.45) is 4.04. The average molecular weight is 237 g/mol. The highest BCUT2D eigenvalue weighted by atomic mass is 32.2. The lowest BCUT2D eigenvalue weighted by molar-refractivity contribution is 0.120. The normalized spacial score (nSPS) is 23.7. The van der Waals surface area contributed by atoms with Crippen molar-refractivity contribution in [3.8, 4) is 0 Å². The van der Waals surface area contributed by atoms with Crippen molar-refractivity contribution in [2.75, 3.05) is 5.75 Å². The Kier molecular flexibility index (Phi) is 4.51. The van der Waals surface area contributed by atoms with Crippen molar-refractivity contribution in [3.63, 3.8) is 0 Å². The first kappa shape index (κ1) is 12.9. The molecule has 2 unspecified atom stereocenters. The summed E-state index contributed by atoms with van der Waals surface area (Å²) in [6, 6.07) is -0.549. The molecule has 1 aliphatic rings. The van der Waals surface area contributed by atoms with Gasteiger partial charge in [-0.15, -0.1) is 0 Å². The standard InChI is InChI=1S/C9H19NO4S/c10-9(7-4-2-1-3-5-7)8(11)6-15(12,13)14/h7-9,11H,1-6,10H2,(H,12,13,14). The number of aliphatic hydroxyl groups is 1. The molecule has 0 spiro atoms. The van der Waals surface area contributed by atoms with Gasteiger partial charge in [-0.2, -0.15) is 8.42 Å². The monoisotopic (exact) mass is 237 g/mol. The molecule has 6 heteroatoms. The van der Waals surface area contributed by atoms with Gasteiger partial charge in [0.25, 0.3) is 10.1 Å². The van der Waals surface area contributed by atoms with Gasteiger partial charge in [-0.05, 0) is 18.8 Å². The largest absolute Gasteiger partial charge is 0.390 e. The molecule has 2 atom stereocenters. The molecule has 0 amide bonds. The number of rotatable bonds is 4. The Labute approximate surface area is 90.4 Å². The molecule has 0 saturated heterocycles. The van der Waals surface area contributed by atoms with E-state index in [9.17, 15) is 13.5 Å². The van der Waals surface area contributed by atoms with Crippen molar-refractivity contribution >= 4 is 10.1 Å². The highest BCUT2D eigenvalue weighted by molar-refractivity contribution is 7.85. The topological polar surface area (TPSA) is 101 Å². The Morgan fingerprint density at radius 1 is 1.27 bits per heavy atom. The van der Waals surface area contributed by atoms with Crippen LogP contribution in [0.4, 0.5) is 0 Å². The molecule has 1 fully saturated rings. The predicted octanol–water partition coefficient (Wildman–Crippen LogP) is 0.143. The van der Waals surface area contributed by atoms with Crippen LogP contribution in [0.3, 0.4) is 0 Å². The molecule has 4 N–H and O–H groups in total. The number of hydrogen-bond donors (Lipinski definition) is 3. The zero-order valence-electron chi connectivity index (χ0n) is 8.67. The van der Waals surface area contributed by atoms with E-state index in [1.165, 1.54) is 6.42 Å². The van der Waals surface area contributed by atoms with Crippen molar-refractivity contribution in [3.05, 3.63) is 0 Å². The quantitative estimate of drug-likeness (QED) is 0.604. The fraction of sp³-hybridized carbons (Fsp3) is 1.00. The van der Waals surface area contributed by atoms with Crippen LogP contribution in [0.25, 0.3) is 0 Å². The van der Waals surface area contributed by atoms with Gasteiger partial charge in [-0.3, -0.25) is 4.55 Å². The zero-order chi connectivity index (χ0) is 11.5. The van der Waals surface area contributed by atoms with Crippen LogP contribution in [-0.4, -0.2) is 36.0 Å². The molecule has 1 saturated carbocycles. The summed E-state index contributed by atoms with van der Waals surface area (Å²) in [6.45, 7) is 0. The van der Waals surface area contributed by atoms with Gasteiger partial charge in [-0.25, -0.2) is 0 Å². The maximum absolute atomic E-state index is 10.6. The van der Waals surface area contributed by atoms with Crippen LogP contribution in [0.15, 0.2) is 0 Å². The Morgan fingerprint density at radius 2 is 1.80 bits per heavy atom. The first-order valence-electron chi connectivity index (χ1n) is 5.29. The van der Waals surface area contributed by atoms with Gasteiger partial charge in [0.05, 0.1) is 6.10 Å². The minimum absolute atomic E-state index is 0.176. The van der Waals surface area contributed by atoms with E-state index in [0.717, 1.165) is 25.7 Å². The molecule has 1 aliphatic carbocycles.